The van der Waals surface area contributed by atoms with E-state index >= 15 is 0 Å². The summed E-state index contributed by atoms with van der Waals surface area (Å²) in [5, 5.41) is 2.64. The monoisotopic (exact) mass is 368 g/mol. The molecule has 0 saturated carbocycles. The molecule has 0 aliphatic rings. The van der Waals surface area contributed by atoms with Crippen LogP contribution in [-0.2, 0) is 14.3 Å². The number of anilines is 1. The molecule has 0 unspecified atom stereocenters. The predicted octanol–water partition coefficient (Wildman–Crippen LogP) is 3.06. The molecule has 0 spiro atoms. The van der Waals surface area contributed by atoms with Crippen LogP contribution in [0.5, 0.6) is 0 Å². The van der Waals surface area contributed by atoms with Gasteiger partial charge in [-0.25, -0.2) is 0 Å². The molecule has 2 amide bonds. The first-order valence-corrected chi connectivity index (χ1v) is 8.69. The number of hydrogen-bond donors (Lipinski definition) is 1. The van der Waals surface area contributed by atoms with Crippen molar-refractivity contribution in [3.05, 3.63) is 65.7 Å². The SMILES string of the molecule is C[C@H](CC(=O)OCC(=O)Nc1ccc(C(=O)N(C)C)cc1)c1ccccc1. The summed E-state index contributed by atoms with van der Waals surface area (Å²) < 4.78 is 5.05. The van der Waals surface area contributed by atoms with Gasteiger partial charge in [0, 0.05) is 25.3 Å². The van der Waals surface area contributed by atoms with Crippen LogP contribution in [0.15, 0.2) is 54.6 Å². The predicted molar refractivity (Wildman–Crippen MR) is 104 cm³/mol. The molecular formula is C21H24N2O4. The summed E-state index contributed by atoms with van der Waals surface area (Å²) >= 11 is 0. The number of esters is 1. The number of benzene rings is 2. The fraction of sp³-hybridized carbons (Fsp3) is 0.286. The third-order valence-electron chi connectivity index (χ3n) is 4.03. The zero-order chi connectivity index (χ0) is 19.8. The van der Waals surface area contributed by atoms with Crippen molar-refractivity contribution < 1.29 is 19.1 Å². The van der Waals surface area contributed by atoms with Crippen LogP contribution in [0.4, 0.5) is 5.69 Å². The summed E-state index contributed by atoms with van der Waals surface area (Å²) in [7, 11) is 3.34. The first-order chi connectivity index (χ1) is 12.9. The molecule has 2 aromatic rings. The maximum absolute atomic E-state index is 11.9. The van der Waals surface area contributed by atoms with Gasteiger partial charge in [0.1, 0.15) is 0 Å². The van der Waals surface area contributed by atoms with Crippen LogP contribution in [0, 0.1) is 0 Å². The highest BCUT2D eigenvalue weighted by molar-refractivity contribution is 5.96. The van der Waals surface area contributed by atoms with Crippen molar-refractivity contribution in [1.82, 2.24) is 4.90 Å². The molecule has 1 atom stereocenters. The van der Waals surface area contributed by atoms with Crippen molar-refractivity contribution in [3.8, 4) is 0 Å². The Morgan fingerprint density at radius 1 is 1.00 bits per heavy atom. The molecular weight excluding hydrogens is 344 g/mol. The fourth-order valence-corrected chi connectivity index (χ4v) is 2.51. The maximum atomic E-state index is 11.9. The minimum Gasteiger partial charge on any atom is -0.456 e. The molecule has 1 N–H and O–H groups in total. The first-order valence-electron chi connectivity index (χ1n) is 8.69. The number of nitrogens with one attached hydrogen (secondary N) is 1. The average Bonchev–Trinajstić information content (AvgIpc) is 2.67. The molecule has 0 saturated heterocycles. The second kappa shape index (κ2) is 9.52. The summed E-state index contributed by atoms with van der Waals surface area (Å²) in [6.45, 7) is 1.59. The lowest BCUT2D eigenvalue weighted by Crippen LogP contribution is -2.22. The number of nitrogens with zero attached hydrogens (tertiary/aromatic N) is 1. The van der Waals surface area contributed by atoms with Crippen LogP contribution in [0.25, 0.3) is 0 Å². The number of amides is 2. The summed E-state index contributed by atoms with van der Waals surface area (Å²) in [6.07, 6.45) is 0.207. The third-order valence-corrected chi connectivity index (χ3v) is 4.03. The van der Waals surface area contributed by atoms with E-state index in [1.54, 1.807) is 38.4 Å². The third kappa shape index (κ3) is 6.26. The van der Waals surface area contributed by atoms with E-state index in [0.717, 1.165) is 5.56 Å². The van der Waals surface area contributed by atoms with E-state index in [1.165, 1.54) is 4.90 Å². The Bertz CT molecular complexity index is 786. The van der Waals surface area contributed by atoms with Crippen LogP contribution in [0.2, 0.25) is 0 Å². The van der Waals surface area contributed by atoms with E-state index in [0.29, 0.717) is 11.3 Å². The van der Waals surface area contributed by atoms with E-state index < -0.39 is 11.9 Å². The number of ether oxygens (including phenoxy) is 1. The van der Waals surface area contributed by atoms with Gasteiger partial charge in [0.15, 0.2) is 6.61 Å². The normalized spacial score (nSPS) is 11.4. The second-order valence-electron chi connectivity index (χ2n) is 6.50. The lowest BCUT2D eigenvalue weighted by atomic mass is 9.98. The van der Waals surface area contributed by atoms with E-state index in [9.17, 15) is 14.4 Å². The molecule has 0 aliphatic heterocycles. The van der Waals surface area contributed by atoms with Gasteiger partial charge in [0.25, 0.3) is 11.8 Å². The molecule has 0 heterocycles. The van der Waals surface area contributed by atoms with E-state index in [2.05, 4.69) is 5.32 Å². The van der Waals surface area contributed by atoms with Gasteiger partial charge in [-0.1, -0.05) is 37.3 Å². The number of carbonyl (C=O) groups excluding carboxylic acids is 3. The number of hydrogen-bond acceptors (Lipinski definition) is 4. The molecule has 0 aromatic heterocycles. The van der Waals surface area contributed by atoms with Gasteiger partial charge in [-0.05, 0) is 35.7 Å². The maximum Gasteiger partial charge on any atom is 0.306 e. The molecule has 0 bridgehead atoms. The number of rotatable bonds is 7. The van der Waals surface area contributed by atoms with E-state index in [1.807, 2.05) is 37.3 Å². The average molecular weight is 368 g/mol. The molecule has 2 rings (SSSR count). The van der Waals surface area contributed by atoms with Crippen molar-refractivity contribution in [2.45, 2.75) is 19.3 Å². The van der Waals surface area contributed by atoms with Crippen molar-refractivity contribution in [2.24, 2.45) is 0 Å². The Balaban J connectivity index is 1.78. The molecule has 6 heteroatoms. The van der Waals surface area contributed by atoms with Crippen LogP contribution in [0.1, 0.15) is 35.2 Å². The Morgan fingerprint density at radius 2 is 1.63 bits per heavy atom. The molecule has 0 radical (unpaired) electrons. The summed E-state index contributed by atoms with van der Waals surface area (Å²) in [5.41, 5.74) is 2.11. The topological polar surface area (TPSA) is 75.7 Å². The van der Waals surface area contributed by atoms with Crippen molar-refractivity contribution in [3.63, 3.8) is 0 Å². The van der Waals surface area contributed by atoms with Crippen LogP contribution < -0.4 is 5.32 Å². The smallest absolute Gasteiger partial charge is 0.306 e. The quantitative estimate of drug-likeness (QED) is 0.762. The van der Waals surface area contributed by atoms with Gasteiger partial charge in [0.05, 0.1) is 6.42 Å². The van der Waals surface area contributed by atoms with Crippen LogP contribution >= 0.6 is 0 Å². The molecule has 0 aliphatic carbocycles. The first kappa shape index (κ1) is 20.2. The minimum absolute atomic E-state index is 0.0172. The van der Waals surface area contributed by atoms with Gasteiger partial charge in [-0.3, -0.25) is 14.4 Å². The summed E-state index contributed by atoms with van der Waals surface area (Å²) in [6, 6.07) is 16.2. The highest BCUT2D eigenvalue weighted by Gasteiger charge is 2.14. The Hall–Kier alpha value is -3.15. The highest BCUT2D eigenvalue weighted by Crippen LogP contribution is 2.18. The van der Waals surface area contributed by atoms with Crippen LogP contribution in [0.3, 0.4) is 0 Å². The van der Waals surface area contributed by atoms with Crippen LogP contribution in [-0.4, -0.2) is 43.4 Å². The van der Waals surface area contributed by atoms with Crippen molar-refractivity contribution >= 4 is 23.5 Å². The summed E-state index contributed by atoms with van der Waals surface area (Å²) in [5.74, 6) is -0.950. The Kier molecular flexibility index (Phi) is 7.11. The molecule has 6 nitrogen and oxygen atoms in total. The molecule has 142 valence electrons. The van der Waals surface area contributed by atoms with Gasteiger partial charge in [-0.2, -0.15) is 0 Å². The molecule has 27 heavy (non-hydrogen) atoms. The second-order valence-corrected chi connectivity index (χ2v) is 6.50. The van der Waals surface area contributed by atoms with Gasteiger partial charge in [0.2, 0.25) is 0 Å². The summed E-state index contributed by atoms with van der Waals surface area (Å²) in [4.78, 5) is 37.2. The van der Waals surface area contributed by atoms with Crippen molar-refractivity contribution in [1.29, 1.82) is 0 Å². The Labute approximate surface area is 159 Å². The standard InChI is InChI=1S/C21H24N2O4/c1-15(16-7-5-4-6-8-16)13-20(25)27-14-19(24)22-18-11-9-17(10-12-18)21(26)23(2)3/h4-12,15H,13-14H2,1-3H3,(H,22,24)/t15-/m1/s1. The molecule has 0 fully saturated rings. The highest BCUT2D eigenvalue weighted by atomic mass is 16.5. The lowest BCUT2D eigenvalue weighted by Gasteiger charge is -2.12. The largest absolute Gasteiger partial charge is 0.456 e. The zero-order valence-corrected chi connectivity index (χ0v) is 15.8. The van der Waals surface area contributed by atoms with E-state index in [-0.39, 0.29) is 24.9 Å². The zero-order valence-electron chi connectivity index (χ0n) is 15.8. The van der Waals surface area contributed by atoms with Gasteiger partial charge >= 0.3 is 5.97 Å². The van der Waals surface area contributed by atoms with Gasteiger partial charge < -0.3 is 15.0 Å². The van der Waals surface area contributed by atoms with Crippen molar-refractivity contribution in [2.75, 3.05) is 26.0 Å². The van der Waals surface area contributed by atoms with E-state index in [4.69, 9.17) is 4.74 Å². The Morgan fingerprint density at radius 3 is 2.22 bits per heavy atom. The minimum atomic E-state index is -0.428. The van der Waals surface area contributed by atoms with Gasteiger partial charge in [-0.15, -0.1) is 0 Å². The molecule has 2 aromatic carbocycles. The lowest BCUT2D eigenvalue weighted by molar-refractivity contribution is -0.147. The fourth-order valence-electron chi connectivity index (χ4n) is 2.51. The number of carbonyl (C=O) groups is 3.